The number of carbonyl (C=O) groups excluding carboxylic acids is 1. The third-order valence-electron chi connectivity index (χ3n) is 3.39. The lowest BCUT2D eigenvalue weighted by Crippen LogP contribution is -2.01. The van der Waals surface area contributed by atoms with Crippen molar-refractivity contribution in [2.75, 3.05) is 7.11 Å². The maximum atomic E-state index is 13.3. The van der Waals surface area contributed by atoms with Gasteiger partial charge in [-0.25, -0.2) is 13.6 Å². The Morgan fingerprint density at radius 3 is 2.64 bits per heavy atom. The fourth-order valence-electron chi connectivity index (χ4n) is 2.44. The van der Waals surface area contributed by atoms with Crippen LogP contribution < -0.4 is 0 Å². The molecule has 3 aromatic rings. The maximum Gasteiger partial charge on any atom is 0.337 e. The van der Waals surface area contributed by atoms with Crippen LogP contribution in [0, 0.1) is 0 Å². The molecule has 0 atom stereocenters. The van der Waals surface area contributed by atoms with Crippen LogP contribution in [-0.4, -0.2) is 13.1 Å². The minimum absolute atomic E-state index is 0.297. The summed E-state index contributed by atoms with van der Waals surface area (Å²) in [5.41, 5.74) is 1.47. The van der Waals surface area contributed by atoms with Gasteiger partial charge in [0.25, 0.3) is 6.43 Å². The Bertz CT molecular complexity index is 837. The first-order chi connectivity index (χ1) is 10.6. The largest absolute Gasteiger partial charge is 0.465 e. The number of fused-ring (bicyclic) bond motifs is 1. The molecule has 0 fully saturated rings. The van der Waals surface area contributed by atoms with E-state index in [1.54, 1.807) is 42.5 Å². The van der Waals surface area contributed by atoms with Crippen molar-refractivity contribution in [2.45, 2.75) is 6.43 Å². The summed E-state index contributed by atoms with van der Waals surface area (Å²) >= 11 is 0. The van der Waals surface area contributed by atoms with Gasteiger partial charge in [0, 0.05) is 10.9 Å². The van der Waals surface area contributed by atoms with E-state index in [-0.39, 0.29) is 0 Å². The average molecular weight is 302 g/mol. The van der Waals surface area contributed by atoms with E-state index >= 15 is 0 Å². The van der Waals surface area contributed by atoms with Gasteiger partial charge in [0.2, 0.25) is 0 Å². The monoisotopic (exact) mass is 302 g/mol. The van der Waals surface area contributed by atoms with Crippen LogP contribution in [0.5, 0.6) is 0 Å². The van der Waals surface area contributed by atoms with E-state index in [4.69, 9.17) is 4.42 Å². The first kappa shape index (κ1) is 14.3. The molecule has 0 aliphatic carbocycles. The summed E-state index contributed by atoms with van der Waals surface area (Å²) in [5.74, 6) is -0.920. The lowest BCUT2D eigenvalue weighted by molar-refractivity contribution is 0.0601. The van der Waals surface area contributed by atoms with Crippen LogP contribution in [0.4, 0.5) is 8.78 Å². The van der Waals surface area contributed by atoms with Crippen LogP contribution in [0.3, 0.4) is 0 Å². The van der Waals surface area contributed by atoms with E-state index < -0.39 is 18.2 Å². The lowest BCUT2D eigenvalue weighted by Gasteiger charge is -2.05. The smallest absolute Gasteiger partial charge is 0.337 e. The Hall–Kier alpha value is -2.69. The van der Waals surface area contributed by atoms with Gasteiger partial charge in [0.1, 0.15) is 5.58 Å². The zero-order valence-corrected chi connectivity index (χ0v) is 11.7. The number of benzene rings is 2. The van der Waals surface area contributed by atoms with Gasteiger partial charge in [-0.2, -0.15) is 0 Å². The Labute approximate surface area is 125 Å². The SMILES string of the molecule is COC(=O)c1cccc(-c2c(C(F)F)oc3ccccc23)c1. The average Bonchev–Trinajstić information content (AvgIpc) is 2.94. The highest BCUT2D eigenvalue weighted by atomic mass is 19.3. The molecule has 0 aliphatic rings. The Morgan fingerprint density at radius 1 is 1.14 bits per heavy atom. The number of alkyl halides is 2. The van der Waals surface area contributed by atoms with Crippen LogP contribution in [-0.2, 0) is 4.74 Å². The van der Waals surface area contributed by atoms with Gasteiger partial charge in [0.15, 0.2) is 5.76 Å². The normalized spacial score (nSPS) is 11.1. The highest BCUT2D eigenvalue weighted by Crippen LogP contribution is 2.39. The van der Waals surface area contributed by atoms with Gasteiger partial charge in [-0.3, -0.25) is 0 Å². The van der Waals surface area contributed by atoms with Gasteiger partial charge in [-0.1, -0.05) is 30.3 Å². The highest BCUT2D eigenvalue weighted by Gasteiger charge is 2.23. The van der Waals surface area contributed by atoms with Gasteiger partial charge in [0.05, 0.1) is 12.7 Å². The summed E-state index contributed by atoms with van der Waals surface area (Å²) in [7, 11) is 1.27. The van der Waals surface area contributed by atoms with Crippen molar-refractivity contribution in [3.63, 3.8) is 0 Å². The zero-order valence-electron chi connectivity index (χ0n) is 11.7. The number of methoxy groups -OCH3 is 1. The quantitative estimate of drug-likeness (QED) is 0.651. The number of rotatable bonds is 3. The Kier molecular flexibility index (Phi) is 3.63. The van der Waals surface area contributed by atoms with E-state index in [0.717, 1.165) is 0 Å². The van der Waals surface area contributed by atoms with Crippen LogP contribution >= 0.6 is 0 Å². The summed E-state index contributed by atoms with van der Waals surface area (Å²) in [4.78, 5) is 11.6. The molecule has 0 aliphatic heterocycles. The Morgan fingerprint density at radius 2 is 1.91 bits per heavy atom. The number of para-hydroxylation sites is 1. The number of ether oxygens (including phenoxy) is 1. The minimum Gasteiger partial charge on any atom is -0.465 e. The second kappa shape index (κ2) is 5.60. The van der Waals surface area contributed by atoms with Crippen LogP contribution in [0.15, 0.2) is 52.9 Å². The van der Waals surface area contributed by atoms with Crippen molar-refractivity contribution >= 4 is 16.9 Å². The molecule has 0 saturated heterocycles. The first-order valence-corrected chi connectivity index (χ1v) is 6.60. The maximum absolute atomic E-state index is 13.3. The van der Waals surface area contributed by atoms with Gasteiger partial charge >= 0.3 is 5.97 Å². The standard InChI is InChI=1S/C17H12F2O3/c1-21-17(20)11-6-4-5-10(9-11)14-12-7-2-3-8-13(12)22-15(14)16(18)19/h2-9,16H,1H3. The molecule has 1 aromatic heterocycles. The van der Waals surface area contributed by atoms with Crippen LogP contribution in [0.25, 0.3) is 22.1 Å². The lowest BCUT2D eigenvalue weighted by atomic mass is 10.00. The first-order valence-electron chi connectivity index (χ1n) is 6.60. The molecule has 0 radical (unpaired) electrons. The molecule has 0 saturated carbocycles. The summed E-state index contributed by atoms with van der Waals surface area (Å²) in [6, 6.07) is 13.2. The Balaban J connectivity index is 2.25. The second-order valence-electron chi connectivity index (χ2n) is 4.71. The van der Waals surface area contributed by atoms with Crippen molar-refractivity contribution in [3.05, 3.63) is 59.9 Å². The van der Waals surface area contributed by atoms with Crippen molar-refractivity contribution in [1.29, 1.82) is 0 Å². The topological polar surface area (TPSA) is 39.4 Å². The number of esters is 1. The molecule has 2 aromatic carbocycles. The third kappa shape index (κ3) is 2.35. The molecule has 3 rings (SSSR count). The predicted molar refractivity (Wildman–Crippen MR) is 77.9 cm³/mol. The molecule has 22 heavy (non-hydrogen) atoms. The summed E-state index contributed by atoms with van der Waals surface area (Å²) in [6.07, 6.45) is -2.75. The molecule has 0 N–H and O–H groups in total. The highest BCUT2D eigenvalue weighted by molar-refractivity contribution is 5.98. The zero-order chi connectivity index (χ0) is 15.7. The molecule has 0 unspecified atom stereocenters. The number of hydrogen-bond donors (Lipinski definition) is 0. The molecule has 3 nitrogen and oxygen atoms in total. The minimum atomic E-state index is -2.75. The van der Waals surface area contributed by atoms with Crippen molar-refractivity contribution in [3.8, 4) is 11.1 Å². The molecule has 0 spiro atoms. The third-order valence-corrected chi connectivity index (χ3v) is 3.39. The number of hydrogen-bond acceptors (Lipinski definition) is 3. The summed E-state index contributed by atoms with van der Waals surface area (Å²) in [5, 5.41) is 0.583. The summed E-state index contributed by atoms with van der Waals surface area (Å²) < 4.78 is 36.5. The molecular weight excluding hydrogens is 290 g/mol. The molecule has 112 valence electrons. The fourth-order valence-corrected chi connectivity index (χ4v) is 2.44. The number of furan rings is 1. The fraction of sp³-hybridized carbons (Fsp3) is 0.118. The molecular formula is C17H12F2O3. The van der Waals surface area contributed by atoms with E-state index in [0.29, 0.717) is 27.7 Å². The van der Waals surface area contributed by atoms with Gasteiger partial charge in [-0.15, -0.1) is 0 Å². The molecule has 0 bridgehead atoms. The van der Waals surface area contributed by atoms with Crippen molar-refractivity contribution in [1.82, 2.24) is 0 Å². The van der Waals surface area contributed by atoms with Crippen molar-refractivity contribution in [2.24, 2.45) is 0 Å². The molecule has 1 heterocycles. The van der Waals surface area contributed by atoms with Crippen LogP contribution in [0.2, 0.25) is 0 Å². The van der Waals surface area contributed by atoms with E-state index in [1.807, 2.05) is 0 Å². The number of halogens is 2. The summed E-state index contributed by atoms with van der Waals surface area (Å²) in [6.45, 7) is 0. The van der Waals surface area contributed by atoms with E-state index in [1.165, 1.54) is 13.2 Å². The molecule has 0 amide bonds. The van der Waals surface area contributed by atoms with Gasteiger partial charge in [-0.05, 0) is 23.8 Å². The van der Waals surface area contributed by atoms with Gasteiger partial charge < -0.3 is 9.15 Å². The van der Waals surface area contributed by atoms with E-state index in [9.17, 15) is 13.6 Å². The second-order valence-corrected chi connectivity index (χ2v) is 4.71. The molecule has 5 heteroatoms. The predicted octanol–water partition coefficient (Wildman–Crippen LogP) is 4.82. The van der Waals surface area contributed by atoms with Crippen molar-refractivity contribution < 1.29 is 22.7 Å². The van der Waals surface area contributed by atoms with E-state index in [2.05, 4.69) is 4.74 Å². The van der Waals surface area contributed by atoms with Crippen LogP contribution in [0.1, 0.15) is 22.5 Å². The number of carbonyl (C=O) groups is 1.